The third-order valence-electron chi connectivity index (χ3n) is 4.95. The van der Waals surface area contributed by atoms with Gasteiger partial charge in [0.05, 0.1) is 11.6 Å². The van der Waals surface area contributed by atoms with Crippen LogP contribution >= 0.6 is 11.3 Å². The van der Waals surface area contributed by atoms with Crippen LogP contribution in [0.25, 0.3) is 21.5 Å². The molecule has 3 heterocycles. The van der Waals surface area contributed by atoms with Gasteiger partial charge in [-0.3, -0.25) is 9.59 Å². The average Bonchev–Trinajstić information content (AvgIpc) is 3.07. The lowest BCUT2D eigenvalue weighted by Crippen LogP contribution is -2.44. The highest BCUT2D eigenvalue weighted by Crippen LogP contribution is 2.31. The molecule has 0 spiro atoms. The van der Waals surface area contributed by atoms with Gasteiger partial charge in [0.2, 0.25) is 5.91 Å². The van der Waals surface area contributed by atoms with Crippen molar-refractivity contribution < 1.29 is 9.59 Å². The monoisotopic (exact) mass is 380 g/mol. The Labute approximate surface area is 161 Å². The van der Waals surface area contributed by atoms with E-state index in [1.807, 2.05) is 25.1 Å². The van der Waals surface area contributed by atoms with Crippen LogP contribution in [0.5, 0.6) is 0 Å². The number of nitrogens with two attached hydrogens (primary N) is 1. The van der Waals surface area contributed by atoms with Gasteiger partial charge in [-0.1, -0.05) is 12.1 Å². The van der Waals surface area contributed by atoms with Gasteiger partial charge < -0.3 is 10.6 Å². The van der Waals surface area contributed by atoms with Crippen LogP contribution in [0.4, 0.5) is 0 Å². The molecule has 0 radical (unpaired) electrons. The molecule has 6 nitrogen and oxygen atoms in total. The lowest BCUT2D eigenvalue weighted by Gasteiger charge is -2.31. The molecule has 3 aromatic rings. The number of aryl methyl sites for hydroxylation is 1. The molecule has 7 heteroatoms. The fourth-order valence-corrected chi connectivity index (χ4v) is 4.43. The van der Waals surface area contributed by atoms with Crippen molar-refractivity contribution in [1.82, 2.24) is 14.9 Å². The number of primary amides is 1. The Bertz CT molecular complexity index is 1030. The van der Waals surface area contributed by atoms with Gasteiger partial charge in [-0.05, 0) is 38.0 Å². The molecule has 0 aliphatic carbocycles. The number of carbonyl (C=O) groups is 2. The van der Waals surface area contributed by atoms with Crippen molar-refractivity contribution in [3.05, 3.63) is 47.1 Å². The molecule has 1 aliphatic rings. The molecule has 1 aliphatic heterocycles. The number of thiophene rings is 1. The van der Waals surface area contributed by atoms with Crippen molar-refractivity contribution in [2.75, 3.05) is 13.1 Å². The summed E-state index contributed by atoms with van der Waals surface area (Å²) in [4.78, 5) is 37.1. The maximum absolute atomic E-state index is 13.0. The van der Waals surface area contributed by atoms with E-state index in [-0.39, 0.29) is 17.7 Å². The molecule has 2 N–H and O–H groups in total. The van der Waals surface area contributed by atoms with E-state index >= 15 is 0 Å². The summed E-state index contributed by atoms with van der Waals surface area (Å²) in [7, 11) is 0. The number of benzene rings is 1. The molecule has 0 bridgehead atoms. The molecule has 0 saturated carbocycles. The predicted molar refractivity (Wildman–Crippen MR) is 105 cm³/mol. The smallest absolute Gasteiger partial charge is 0.253 e. The van der Waals surface area contributed by atoms with Gasteiger partial charge in [-0.15, -0.1) is 11.3 Å². The molecule has 1 saturated heterocycles. The molecule has 1 atom stereocenters. The summed E-state index contributed by atoms with van der Waals surface area (Å²) in [5.74, 6) is -0.673. The van der Waals surface area contributed by atoms with Crippen LogP contribution in [0.3, 0.4) is 0 Å². The quantitative estimate of drug-likeness (QED) is 0.756. The number of hydrogen-bond donors (Lipinski definition) is 1. The minimum Gasteiger partial charge on any atom is -0.369 e. The van der Waals surface area contributed by atoms with E-state index in [9.17, 15) is 9.59 Å². The number of fused-ring (bicyclic) bond motifs is 1. The maximum atomic E-state index is 13.0. The first-order valence-electron chi connectivity index (χ1n) is 8.93. The first kappa shape index (κ1) is 17.6. The lowest BCUT2D eigenvalue weighted by atomic mass is 9.96. The standard InChI is InChI=1S/C20H20N4O2S/c1-12-8-16-17(22-11-23-19(16)27-12)13-4-2-5-14(9-13)20(26)24-7-3-6-15(10-24)18(21)25/h2,4-5,8-9,11,15H,3,6-7,10H2,1H3,(H2,21,25). The zero-order valence-corrected chi connectivity index (χ0v) is 15.8. The third-order valence-corrected chi connectivity index (χ3v) is 5.91. The Kier molecular flexibility index (Phi) is 4.61. The maximum Gasteiger partial charge on any atom is 0.253 e. The third kappa shape index (κ3) is 3.42. The highest BCUT2D eigenvalue weighted by atomic mass is 32.1. The average molecular weight is 380 g/mol. The van der Waals surface area contributed by atoms with Crippen LogP contribution in [0.1, 0.15) is 28.1 Å². The van der Waals surface area contributed by atoms with Crippen molar-refractivity contribution in [2.24, 2.45) is 11.7 Å². The van der Waals surface area contributed by atoms with E-state index in [1.165, 1.54) is 4.88 Å². The summed E-state index contributed by atoms with van der Waals surface area (Å²) in [6, 6.07) is 9.56. The van der Waals surface area contributed by atoms with Gasteiger partial charge in [-0.2, -0.15) is 0 Å². The van der Waals surface area contributed by atoms with E-state index in [0.717, 1.165) is 34.3 Å². The summed E-state index contributed by atoms with van der Waals surface area (Å²) in [6.45, 7) is 3.08. The molecular weight excluding hydrogens is 360 g/mol. The van der Waals surface area contributed by atoms with Crippen molar-refractivity contribution in [3.8, 4) is 11.3 Å². The van der Waals surface area contributed by atoms with E-state index in [2.05, 4.69) is 16.0 Å². The fourth-order valence-electron chi connectivity index (χ4n) is 3.58. The second-order valence-corrected chi connectivity index (χ2v) is 8.11. The first-order valence-corrected chi connectivity index (χ1v) is 9.75. The topological polar surface area (TPSA) is 89.2 Å². The molecule has 2 aromatic heterocycles. The van der Waals surface area contributed by atoms with Crippen molar-refractivity contribution in [1.29, 1.82) is 0 Å². The number of carbonyl (C=O) groups excluding carboxylic acids is 2. The van der Waals surface area contributed by atoms with Gasteiger partial charge in [0.25, 0.3) is 5.91 Å². The molecular formula is C20H20N4O2S. The predicted octanol–water partition coefficient (Wildman–Crippen LogP) is 3.00. The number of rotatable bonds is 3. The Hall–Kier alpha value is -2.80. The van der Waals surface area contributed by atoms with Gasteiger partial charge in [-0.25, -0.2) is 9.97 Å². The Morgan fingerprint density at radius 2 is 2.11 bits per heavy atom. The fraction of sp³-hybridized carbons (Fsp3) is 0.300. The number of aromatic nitrogens is 2. The normalized spacial score (nSPS) is 17.2. The van der Waals surface area contributed by atoms with Gasteiger partial charge in [0.1, 0.15) is 11.2 Å². The first-order chi connectivity index (χ1) is 13.0. The van der Waals surface area contributed by atoms with E-state index in [4.69, 9.17) is 5.73 Å². The van der Waals surface area contributed by atoms with E-state index in [0.29, 0.717) is 18.7 Å². The lowest BCUT2D eigenvalue weighted by molar-refractivity contribution is -0.123. The second kappa shape index (κ2) is 7.08. The summed E-state index contributed by atoms with van der Waals surface area (Å²) < 4.78 is 0. The highest BCUT2D eigenvalue weighted by molar-refractivity contribution is 7.18. The minimum atomic E-state index is -0.336. The number of amides is 2. The van der Waals surface area contributed by atoms with Crippen molar-refractivity contribution in [3.63, 3.8) is 0 Å². The molecule has 1 unspecified atom stereocenters. The SMILES string of the molecule is Cc1cc2c(-c3cccc(C(=O)N4CCCC(C(N)=O)C4)c3)ncnc2s1. The van der Waals surface area contributed by atoms with Crippen molar-refractivity contribution in [2.45, 2.75) is 19.8 Å². The van der Waals surface area contributed by atoms with Crippen LogP contribution in [0.2, 0.25) is 0 Å². The van der Waals surface area contributed by atoms with Crippen LogP contribution in [0, 0.1) is 12.8 Å². The van der Waals surface area contributed by atoms with Gasteiger partial charge in [0, 0.05) is 34.5 Å². The highest BCUT2D eigenvalue weighted by Gasteiger charge is 2.27. The van der Waals surface area contributed by atoms with Gasteiger partial charge in [0.15, 0.2) is 0 Å². The van der Waals surface area contributed by atoms with E-state index in [1.54, 1.807) is 28.6 Å². The largest absolute Gasteiger partial charge is 0.369 e. The summed E-state index contributed by atoms with van der Waals surface area (Å²) in [5.41, 5.74) is 7.74. The number of likely N-dealkylation sites (tertiary alicyclic amines) is 1. The number of hydrogen-bond acceptors (Lipinski definition) is 5. The summed E-state index contributed by atoms with van der Waals surface area (Å²) in [6.07, 6.45) is 3.10. The molecule has 1 aromatic carbocycles. The summed E-state index contributed by atoms with van der Waals surface area (Å²) in [5, 5.41) is 0.997. The van der Waals surface area contributed by atoms with Crippen LogP contribution in [0.15, 0.2) is 36.7 Å². The second-order valence-electron chi connectivity index (χ2n) is 6.87. The number of nitrogens with zero attached hydrogens (tertiary/aromatic N) is 3. The Morgan fingerprint density at radius 1 is 1.26 bits per heavy atom. The minimum absolute atomic E-state index is 0.0744. The van der Waals surface area contributed by atoms with Crippen LogP contribution in [-0.4, -0.2) is 39.8 Å². The number of piperidine rings is 1. The molecule has 1 fully saturated rings. The van der Waals surface area contributed by atoms with Crippen molar-refractivity contribution >= 4 is 33.4 Å². The zero-order chi connectivity index (χ0) is 19.0. The Morgan fingerprint density at radius 3 is 2.93 bits per heavy atom. The van der Waals surface area contributed by atoms with E-state index < -0.39 is 0 Å². The van der Waals surface area contributed by atoms with Crippen LogP contribution < -0.4 is 5.73 Å². The Balaban J connectivity index is 1.66. The molecule has 138 valence electrons. The van der Waals surface area contributed by atoms with Gasteiger partial charge >= 0.3 is 0 Å². The molecule has 27 heavy (non-hydrogen) atoms. The summed E-state index contributed by atoms with van der Waals surface area (Å²) >= 11 is 1.63. The molecule has 2 amide bonds. The van der Waals surface area contributed by atoms with Crippen LogP contribution in [-0.2, 0) is 4.79 Å². The zero-order valence-electron chi connectivity index (χ0n) is 15.0. The molecule has 4 rings (SSSR count).